The fourth-order valence-corrected chi connectivity index (χ4v) is 5.30. The van der Waals surface area contributed by atoms with E-state index in [2.05, 4.69) is 15.2 Å². The average molecular weight is 434 g/mol. The van der Waals surface area contributed by atoms with Crippen molar-refractivity contribution in [1.29, 1.82) is 0 Å². The van der Waals surface area contributed by atoms with Crippen LogP contribution in [0.5, 0.6) is 5.75 Å². The number of carbonyl (C=O) groups excluding carboxylic acids is 1. The lowest BCUT2D eigenvalue weighted by Crippen LogP contribution is -2.54. The third-order valence-electron chi connectivity index (χ3n) is 6.88. The lowest BCUT2D eigenvalue weighted by Gasteiger charge is -2.52. The van der Waals surface area contributed by atoms with Crippen molar-refractivity contribution >= 4 is 17.6 Å². The molecule has 5 rings (SSSR count). The zero-order valence-corrected chi connectivity index (χ0v) is 17.4. The SMILES string of the molecule is O=C(N1CCC2(CC1)CC(Oc1ccc(F)cc1Cl)C2)N1CCC(c2ncn[nH]2)C1. The minimum absolute atomic E-state index is 0.108. The quantitative estimate of drug-likeness (QED) is 0.798. The molecule has 7 nitrogen and oxygen atoms in total. The van der Waals surface area contributed by atoms with Crippen LogP contribution in [0, 0.1) is 11.2 Å². The molecule has 0 radical (unpaired) electrons. The first-order valence-corrected chi connectivity index (χ1v) is 10.9. The summed E-state index contributed by atoms with van der Waals surface area (Å²) in [5.41, 5.74) is 0.251. The normalized spacial score (nSPS) is 23.6. The highest BCUT2D eigenvalue weighted by Crippen LogP contribution is 2.51. The Morgan fingerprint density at radius 2 is 2.03 bits per heavy atom. The van der Waals surface area contributed by atoms with Gasteiger partial charge < -0.3 is 14.5 Å². The van der Waals surface area contributed by atoms with Crippen LogP contribution in [0.25, 0.3) is 0 Å². The minimum atomic E-state index is -0.361. The fraction of sp³-hybridized carbons (Fsp3) is 0.571. The van der Waals surface area contributed by atoms with Gasteiger partial charge in [0.15, 0.2) is 0 Å². The van der Waals surface area contributed by atoms with Crippen molar-refractivity contribution in [2.24, 2.45) is 5.41 Å². The predicted molar refractivity (Wildman–Crippen MR) is 109 cm³/mol. The van der Waals surface area contributed by atoms with Crippen molar-refractivity contribution in [2.45, 2.75) is 44.1 Å². The molecule has 1 N–H and O–H groups in total. The number of aromatic nitrogens is 3. The highest BCUT2D eigenvalue weighted by atomic mass is 35.5. The van der Waals surface area contributed by atoms with Gasteiger partial charge in [-0.25, -0.2) is 14.2 Å². The molecular weight excluding hydrogens is 409 g/mol. The zero-order valence-electron chi connectivity index (χ0n) is 16.7. The summed E-state index contributed by atoms with van der Waals surface area (Å²) in [6.07, 6.45) is 6.45. The van der Waals surface area contributed by atoms with Crippen LogP contribution in [0.4, 0.5) is 9.18 Å². The summed E-state index contributed by atoms with van der Waals surface area (Å²) in [5.74, 6) is 1.29. The maximum absolute atomic E-state index is 13.2. The second-order valence-electron chi connectivity index (χ2n) is 8.79. The number of hydrogen-bond donors (Lipinski definition) is 1. The van der Waals surface area contributed by atoms with E-state index in [0.29, 0.717) is 17.3 Å². The number of carbonyl (C=O) groups is 1. The van der Waals surface area contributed by atoms with Gasteiger partial charge in [-0.15, -0.1) is 0 Å². The zero-order chi connectivity index (χ0) is 20.7. The summed E-state index contributed by atoms with van der Waals surface area (Å²) >= 11 is 6.07. The third kappa shape index (κ3) is 3.73. The van der Waals surface area contributed by atoms with E-state index in [1.54, 1.807) is 6.07 Å². The van der Waals surface area contributed by atoms with Gasteiger partial charge in [0.25, 0.3) is 0 Å². The van der Waals surface area contributed by atoms with E-state index < -0.39 is 0 Å². The van der Waals surface area contributed by atoms with E-state index in [9.17, 15) is 9.18 Å². The third-order valence-corrected chi connectivity index (χ3v) is 7.18. The first-order chi connectivity index (χ1) is 14.5. The number of rotatable bonds is 3. The summed E-state index contributed by atoms with van der Waals surface area (Å²) in [6, 6.07) is 4.37. The summed E-state index contributed by atoms with van der Waals surface area (Å²) in [4.78, 5) is 21.1. The van der Waals surface area contributed by atoms with Crippen molar-refractivity contribution < 1.29 is 13.9 Å². The van der Waals surface area contributed by atoms with Gasteiger partial charge in [0.2, 0.25) is 0 Å². The molecule has 2 aliphatic heterocycles. The average Bonchev–Trinajstić information content (AvgIpc) is 3.40. The van der Waals surface area contributed by atoms with Crippen molar-refractivity contribution in [3.63, 3.8) is 0 Å². The van der Waals surface area contributed by atoms with Crippen LogP contribution in [0.3, 0.4) is 0 Å². The highest BCUT2D eigenvalue weighted by molar-refractivity contribution is 6.32. The smallest absolute Gasteiger partial charge is 0.320 e. The molecule has 3 heterocycles. The van der Waals surface area contributed by atoms with Crippen LogP contribution in [0.15, 0.2) is 24.5 Å². The molecule has 160 valence electrons. The second kappa shape index (κ2) is 7.72. The number of amides is 2. The number of halogens is 2. The molecule has 30 heavy (non-hydrogen) atoms. The van der Waals surface area contributed by atoms with Crippen LogP contribution >= 0.6 is 11.6 Å². The summed E-state index contributed by atoms with van der Waals surface area (Å²) in [7, 11) is 0. The first kappa shape index (κ1) is 19.6. The molecule has 9 heteroatoms. The molecule has 3 aliphatic rings. The molecule has 1 unspecified atom stereocenters. The number of urea groups is 1. The van der Waals surface area contributed by atoms with Crippen LogP contribution < -0.4 is 4.74 Å². The Morgan fingerprint density at radius 3 is 2.73 bits per heavy atom. The Balaban J connectivity index is 1.10. The van der Waals surface area contributed by atoms with E-state index in [4.69, 9.17) is 16.3 Å². The Morgan fingerprint density at radius 1 is 1.23 bits per heavy atom. The van der Waals surface area contributed by atoms with Crippen LogP contribution in [0.1, 0.15) is 43.8 Å². The molecule has 2 amide bonds. The molecule has 1 spiro atoms. The molecule has 3 fully saturated rings. The summed E-state index contributed by atoms with van der Waals surface area (Å²) in [6.45, 7) is 3.03. The van der Waals surface area contributed by atoms with Gasteiger partial charge in [0.05, 0.1) is 11.1 Å². The van der Waals surface area contributed by atoms with Crippen molar-refractivity contribution in [3.05, 3.63) is 41.2 Å². The van der Waals surface area contributed by atoms with Crippen LogP contribution in [-0.2, 0) is 0 Å². The highest BCUT2D eigenvalue weighted by Gasteiger charge is 2.48. The van der Waals surface area contributed by atoms with Crippen molar-refractivity contribution in [3.8, 4) is 5.75 Å². The molecule has 1 aromatic heterocycles. The summed E-state index contributed by atoms with van der Waals surface area (Å²) < 4.78 is 19.2. The number of aromatic amines is 1. The number of likely N-dealkylation sites (tertiary alicyclic amines) is 2. The van der Waals surface area contributed by atoms with Crippen LogP contribution in [-0.4, -0.2) is 63.3 Å². The topological polar surface area (TPSA) is 74.3 Å². The van der Waals surface area contributed by atoms with Crippen LogP contribution in [0.2, 0.25) is 5.02 Å². The van der Waals surface area contributed by atoms with Gasteiger partial charge in [0.1, 0.15) is 23.7 Å². The van der Waals surface area contributed by atoms with E-state index >= 15 is 0 Å². The lowest BCUT2D eigenvalue weighted by molar-refractivity contribution is -0.0504. The number of hydrogen-bond acceptors (Lipinski definition) is 4. The van der Waals surface area contributed by atoms with Crippen molar-refractivity contribution in [2.75, 3.05) is 26.2 Å². The standard InChI is InChI=1S/C21H25ClFN5O2/c22-17-9-15(23)1-2-18(17)30-16-10-21(11-16)4-7-27(8-5-21)20(29)28-6-3-14(12-28)19-24-13-25-26-19/h1-2,9,13-14,16H,3-8,10-12H2,(H,24,25,26). The monoisotopic (exact) mass is 433 g/mol. The van der Waals surface area contributed by atoms with Gasteiger partial charge in [-0.3, -0.25) is 5.10 Å². The van der Waals surface area contributed by atoms with E-state index in [1.807, 2.05) is 9.80 Å². The van der Waals surface area contributed by atoms with Gasteiger partial charge >= 0.3 is 6.03 Å². The largest absolute Gasteiger partial charge is 0.489 e. The molecule has 2 saturated heterocycles. The van der Waals surface area contributed by atoms with Crippen molar-refractivity contribution in [1.82, 2.24) is 25.0 Å². The number of nitrogens with one attached hydrogen (secondary N) is 1. The molecule has 1 aliphatic carbocycles. The second-order valence-corrected chi connectivity index (χ2v) is 9.20. The predicted octanol–water partition coefficient (Wildman–Crippen LogP) is 3.83. The lowest BCUT2D eigenvalue weighted by atomic mass is 9.61. The Labute approximate surface area is 179 Å². The Bertz CT molecular complexity index is 908. The number of piperidine rings is 1. The molecule has 1 atom stereocenters. The minimum Gasteiger partial charge on any atom is -0.489 e. The fourth-order valence-electron chi connectivity index (χ4n) is 5.09. The molecule has 0 bridgehead atoms. The van der Waals surface area contributed by atoms with Gasteiger partial charge in [-0.1, -0.05) is 11.6 Å². The van der Waals surface area contributed by atoms with Gasteiger partial charge in [-0.2, -0.15) is 5.10 Å². The Hall–Kier alpha value is -2.35. The molecular formula is C21H25ClFN5O2. The maximum atomic E-state index is 13.2. The summed E-state index contributed by atoms with van der Waals surface area (Å²) in [5, 5.41) is 7.15. The van der Waals surface area contributed by atoms with E-state index in [-0.39, 0.29) is 29.3 Å². The number of H-pyrrole nitrogens is 1. The molecule has 1 saturated carbocycles. The van der Waals surface area contributed by atoms with E-state index in [1.165, 1.54) is 18.5 Å². The number of nitrogens with zero attached hydrogens (tertiary/aromatic N) is 4. The van der Waals surface area contributed by atoms with Gasteiger partial charge in [0, 0.05) is 32.1 Å². The number of ether oxygens (including phenoxy) is 1. The first-order valence-electron chi connectivity index (χ1n) is 10.5. The number of benzene rings is 1. The molecule has 1 aromatic carbocycles. The van der Waals surface area contributed by atoms with Gasteiger partial charge in [-0.05, 0) is 55.7 Å². The maximum Gasteiger partial charge on any atom is 0.320 e. The Kier molecular flexibility index (Phi) is 5.05. The van der Waals surface area contributed by atoms with E-state index in [0.717, 1.165) is 57.6 Å². The molecule has 2 aromatic rings.